The van der Waals surface area contributed by atoms with E-state index in [0.717, 1.165) is 12.3 Å². The molecule has 2 rings (SSSR count). The Morgan fingerprint density at radius 2 is 1.95 bits per heavy atom. The van der Waals surface area contributed by atoms with Gasteiger partial charge < -0.3 is 10.1 Å². The molecule has 1 fully saturated rings. The fraction of sp³-hybridized carbons (Fsp3) is 0.545. The molecule has 0 radical (unpaired) electrons. The number of rotatable bonds is 3. The largest absolute Gasteiger partial charge is 0.393 e. The molecule has 1 aromatic rings. The van der Waals surface area contributed by atoms with Gasteiger partial charge in [0, 0.05) is 12.2 Å². The molecule has 106 valence electrons. The molecule has 1 aliphatic rings. The Morgan fingerprint density at radius 1 is 1.32 bits per heavy atom. The maximum Gasteiger partial charge on any atom is 0.266 e. The van der Waals surface area contributed by atoms with Gasteiger partial charge >= 0.3 is 0 Å². The molecule has 1 aromatic heterocycles. The van der Waals surface area contributed by atoms with Gasteiger partial charge in [-0.05, 0) is 31.7 Å². The molecule has 8 heteroatoms. The molecule has 1 aliphatic carbocycles. The topological polar surface area (TPSA) is 99.3 Å². The number of sulfonamides is 1. The van der Waals surface area contributed by atoms with Gasteiger partial charge in [-0.2, -0.15) is 0 Å². The minimum Gasteiger partial charge on any atom is -0.393 e. The van der Waals surface area contributed by atoms with Gasteiger partial charge in [0.25, 0.3) is 5.56 Å². The zero-order valence-corrected chi connectivity index (χ0v) is 11.7. The lowest BCUT2D eigenvalue weighted by molar-refractivity contribution is 0.120. The number of hydrogen-bond donors (Lipinski definition) is 3. The first kappa shape index (κ1) is 14.5. The van der Waals surface area contributed by atoms with Crippen molar-refractivity contribution in [1.29, 1.82) is 0 Å². The Bertz CT molecular complexity index is 605. The third kappa shape index (κ3) is 3.56. The monoisotopic (exact) mass is 306 g/mol. The van der Waals surface area contributed by atoms with Crippen LogP contribution in [-0.2, 0) is 10.0 Å². The number of H-pyrrole nitrogens is 1. The van der Waals surface area contributed by atoms with Crippen LogP contribution < -0.4 is 10.3 Å². The number of halogens is 1. The first-order valence-electron chi connectivity index (χ1n) is 5.97. The van der Waals surface area contributed by atoms with Crippen LogP contribution in [0.25, 0.3) is 0 Å². The number of aliphatic hydroxyl groups is 1. The zero-order valence-electron chi connectivity index (χ0n) is 10.1. The fourth-order valence-electron chi connectivity index (χ4n) is 2.07. The standard InChI is InChI=1S/C11H15ClN2O4S/c12-10-5-9(6-13-11(10)16)19(17,18)14-7-1-3-8(15)4-2-7/h5-8,14-15H,1-4H2,(H,13,16). The lowest BCUT2D eigenvalue weighted by Gasteiger charge is -2.25. The summed E-state index contributed by atoms with van der Waals surface area (Å²) in [6.45, 7) is 0. The maximum atomic E-state index is 12.1. The second-order valence-electron chi connectivity index (χ2n) is 4.64. The van der Waals surface area contributed by atoms with Gasteiger partial charge in [-0.25, -0.2) is 13.1 Å². The number of nitrogens with one attached hydrogen (secondary N) is 2. The molecule has 19 heavy (non-hydrogen) atoms. The zero-order chi connectivity index (χ0) is 14.0. The molecular weight excluding hydrogens is 292 g/mol. The Labute approximate surface area is 115 Å². The molecule has 0 aromatic carbocycles. The van der Waals surface area contributed by atoms with E-state index < -0.39 is 15.6 Å². The van der Waals surface area contributed by atoms with E-state index in [1.807, 2.05) is 0 Å². The van der Waals surface area contributed by atoms with Crippen LogP contribution >= 0.6 is 11.6 Å². The van der Waals surface area contributed by atoms with E-state index in [4.69, 9.17) is 11.6 Å². The van der Waals surface area contributed by atoms with Crippen LogP contribution in [-0.4, -0.2) is 30.7 Å². The molecule has 0 amide bonds. The summed E-state index contributed by atoms with van der Waals surface area (Å²) in [5.74, 6) is 0. The first-order chi connectivity index (χ1) is 8.88. The summed E-state index contributed by atoms with van der Waals surface area (Å²) < 4.78 is 26.7. The van der Waals surface area contributed by atoms with Crippen LogP contribution in [0.3, 0.4) is 0 Å². The third-order valence-electron chi connectivity index (χ3n) is 3.16. The lowest BCUT2D eigenvalue weighted by Crippen LogP contribution is -2.38. The summed E-state index contributed by atoms with van der Waals surface area (Å²) in [5.41, 5.74) is -0.526. The van der Waals surface area contributed by atoms with Gasteiger partial charge in [-0.3, -0.25) is 4.79 Å². The summed E-state index contributed by atoms with van der Waals surface area (Å²) in [6.07, 6.45) is 3.13. The molecule has 1 saturated carbocycles. The van der Waals surface area contributed by atoms with Crippen molar-refractivity contribution in [2.24, 2.45) is 0 Å². The predicted octanol–water partition coefficient (Wildman–Crippen LogP) is 0.610. The van der Waals surface area contributed by atoms with Crippen LogP contribution in [0.2, 0.25) is 5.02 Å². The van der Waals surface area contributed by atoms with Gasteiger partial charge in [0.2, 0.25) is 10.0 Å². The molecule has 1 heterocycles. The summed E-state index contributed by atoms with van der Waals surface area (Å²) in [5, 5.41) is 9.21. The van der Waals surface area contributed by atoms with Crippen molar-refractivity contribution in [3.8, 4) is 0 Å². The van der Waals surface area contributed by atoms with Crippen molar-refractivity contribution in [3.05, 3.63) is 27.6 Å². The number of hydrogen-bond acceptors (Lipinski definition) is 4. The van der Waals surface area contributed by atoms with Crippen molar-refractivity contribution >= 4 is 21.6 Å². The first-order valence-corrected chi connectivity index (χ1v) is 7.83. The van der Waals surface area contributed by atoms with E-state index in [0.29, 0.717) is 25.7 Å². The van der Waals surface area contributed by atoms with Crippen molar-refractivity contribution in [3.63, 3.8) is 0 Å². The van der Waals surface area contributed by atoms with Gasteiger partial charge in [0.15, 0.2) is 0 Å². The summed E-state index contributed by atoms with van der Waals surface area (Å²) >= 11 is 5.61. The van der Waals surface area contributed by atoms with E-state index in [2.05, 4.69) is 9.71 Å². The molecule has 3 N–H and O–H groups in total. The van der Waals surface area contributed by atoms with E-state index in [-0.39, 0.29) is 22.1 Å². The highest BCUT2D eigenvalue weighted by molar-refractivity contribution is 7.89. The fourth-order valence-corrected chi connectivity index (χ4v) is 3.61. The van der Waals surface area contributed by atoms with E-state index in [1.54, 1.807) is 0 Å². The second-order valence-corrected chi connectivity index (χ2v) is 6.76. The van der Waals surface area contributed by atoms with Gasteiger partial charge in [0.05, 0.1) is 11.0 Å². The van der Waals surface area contributed by atoms with E-state index in [1.165, 1.54) is 0 Å². The lowest BCUT2D eigenvalue weighted by atomic mass is 9.94. The van der Waals surface area contributed by atoms with E-state index in [9.17, 15) is 18.3 Å². The number of pyridine rings is 1. The minimum atomic E-state index is -3.70. The van der Waals surface area contributed by atoms with Crippen molar-refractivity contribution in [2.75, 3.05) is 0 Å². The van der Waals surface area contributed by atoms with Crippen LogP contribution in [0.5, 0.6) is 0 Å². The van der Waals surface area contributed by atoms with Gasteiger partial charge in [0.1, 0.15) is 5.02 Å². The summed E-state index contributed by atoms with van der Waals surface area (Å²) in [4.78, 5) is 13.3. The van der Waals surface area contributed by atoms with E-state index >= 15 is 0 Å². The summed E-state index contributed by atoms with van der Waals surface area (Å²) in [7, 11) is -3.70. The predicted molar refractivity (Wildman–Crippen MR) is 70.7 cm³/mol. The van der Waals surface area contributed by atoms with Crippen molar-refractivity contribution < 1.29 is 13.5 Å². The Balaban J connectivity index is 2.14. The highest BCUT2D eigenvalue weighted by atomic mass is 35.5. The van der Waals surface area contributed by atoms with Crippen LogP contribution in [0, 0.1) is 0 Å². The average molecular weight is 307 g/mol. The van der Waals surface area contributed by atoms with Gasteiger partial charge in [-0.15, -0.1) is 0 Å². The quantitative estimate of drug-likeness (QED) is 0.762. The number of aliphatic hydroxyl groups excluding tert-OH is 1. The molecular formula is C11H15ClN2O4S. The highest BCUT2D eigenvalue weighted by Crippen LogP contribution is 2.20. The smallest absolute Gasteiger partial charge is 0.266 e. The minimum absolute atomic E-state index is 0.0665. The van der Waals surface area contributed by atoms with Crippen molar-refractivity contribution in [1.82, 2.24) is 9.71 Å². The molecule has 0 aliphatic heterocycles. The molecule has 0 unspecified atom stereocenters. The number of aromatic nitrogens is 1. The molecule has 6 nitrogen and oxygen atoms in total. The molecule has 0 atom stereocenters. The Hall–Kier alpha value is -0.890. The van der Waals surface area contributed by atoms with Crippen molar-refractivity contribution in [2.45, 2.75) is 42.7 Å². The number of aromatic amines is 1. The molecule has 0 spiro atoms. The van der Waals surface area contributed by atoms with Crippen LogP contribution in [0.1, 0.15) is 25.7 Å². The third-order valence-corrected chi connectivity index (χ3v) is 4.94. The normalized spacial score (nSPS) is 24.3. The molecule has 0 bridgehead atoms. The highest BCUT2D eigenvalue weighted by Gasteiger charge is 2.25. The summed E-state index contributed by atoms with van der Waals surface area (Å²) in [6, 6.07) is 0.930. The Morgan fingerprint density at radius 3 is 2.53 bits per heavy atom. The van der Waals surface area contributed by atoms with Crippen LogP contribution in [0.4, 0.5) is 0 Å². The van der Waals surface area contributed by atoms with Crippen LogP contribution in [0.15, 0.2) is 22.0 Å². The average Bonchev–Trinajstić information content (AvgIpc) is 2.35. The van der Waals surface area contributed by atoms with Gasteiger partial charge in [-0.1, -0.05) is 11.6 Å². The molecule has 0 saturated heterocycles. The maximum absolute atomic E-state index is 12.1. The second kappa shape index (κ2) is 5.62. The Kier molecular flexibility index (Phi) is 4.29. The SMILES string of the molecule is O=c1[nH]cc(S(=O)(=O)NC2CCC(O)CC2)cc1Cl.